The van der Waals surface area contributed by atoms with E-state index in [2.05, 4.69) is 0 Å². The van der Waals surface area contributed by atoms with E-state index in [0.717, 1.165) is 5.56 Å². The lowest BCUT2D eigenvalue weighted by Gasteiger charge is -2.33. The molecule has 0 fully saturated rings. The van der Waals surface area contributed by atoms with Crippen LogP contribution in [0.1, 0.15) is 32.4 Å². The molecule has 3 nitrogen and oxygen atoms in total. The van der Waals surface area contributed by atoms with Crippen molar-refractivity contribution in [1.82, 2.24) is 4.90 Å². The fourth-order valence-electron chi connectivity index (χ4n) is 1.74. The van der Waals surface area contributed by atoms with Crippen LogP contribution in [0.25, 0.3) is 0 Å². The standard InChI is InChI=1S/C14H19ClN2OS/c1-9(10-7-5-6-8-11(10)15)17(4)13(18)14(2,3)12(16)19/h5-9H,1-4H3,(H2,16,19). The normalized spacial score (nSPS) is 12.9. The van der Waals surface area contributed by atoms with Crippen LogP contribution < -0.4 is 5.73 Å². The molecule has 0 aliphatic heterocycles. The number of hydrogen-bond acceptors (Lipinski definition) is 2. The second-order valence-corrected chi connectivity index (χ2v) is 5.95. The van der Waals surface area contributed by atoms with Crippen LogP contribution >= 0.6 is 23.8 Å². The molecule has 0 radical (unpaired) electrons. The first-order valence-electron chi connectivity index (χ1n) is 6.01. The Labute approximate surface area is 124 Å². The Kier molecular flexibility index (Phi) is 4.93. The van der Waals surface area contributed by atoms with Gasteiger partial charge in [-0.2, -0.15) is 0 Å². The summed E-state index contributed by atoms with van der Waals surface area (Å²) in [5.74, 6) is -0.118. The lowest BCUT2D eigenvalue weighted by molar-refractivity contribution is -0.137. The zero-order valence-electron chi connectivity index (χ0n) is 11.6. The molecule has 0 saturated carbocycles. The number of thiocarbonyl (C=S) groups is 1. The van der Waals surface area contributed by atoms with Crippen LogP contribution in [-0.4, -0.2) is 22.8 Å². The Morgan fingerprint density at radius 3 is 2.42 bits per heavy atom. The summed E-state index contributed by atoms with van der Waals surface area (Å²) in [6, 6.07) is 7.33. The van der Waals surface area contributed by atoms with Crippen molar-refractivity contribution in [2.24, 2.45) is 11.1 Å². The summed E-state index contributed by atoms with van der Waals surface area (Å²) in [6.07, 6.45) is 0. The topological polar surface area (TPSA) is 46.3 Å². The maximum Gasteiger partial charge on any atom is 0.235 e. The molecule has 1 atom stereocenters. The third kappa shape index (κ3) is 3.25. The number of halogens is 1. The van der Waals surface area contributed by atoms with E-state index in [0.29, 0.717) is 5.02 Å². The van der Waals surface area contributed by atoms with Crippen LogP contribution in [0.5, 0.6) is 0 Å². The molecule has 0 spiro atoms. The van der Waals surface area contributed by atoms with Crippen molar-refractivity contribution in [2.45, 2.75) is 26.8 Å². The minimum absolute atomic E-state index is 0.118. The molecule has 1 unspecified atom stereocenters. The molecule has 1 aromatic carbocycles. The molecule has 19 heavy (non-hydrogen) atoms. The Balaban J connectivity index is 3.01. The molecular formula is C14H19ClN2OS. The van der Waals surface area contributed by atoms with Gasteiger partial charge >= 0.3 is 0 Å². The largest absolute Gasteiger partial charge is 0.392 e. The van der Waals surface area contributed by atoms with E-state index in [4.69, 9.17) is 29.6 Å². The van der Waals surface area contributed by atoms with Crippen LogP contribution in [0.15, 0.2) is 24.3 Å². The monoisotopic (exact) mass is 298 g/mol. The molecule has 5 heteroatoms. The summed E-state index contributed by atoms with van der Waals surface area (Å²) in [4.78, 5) is 14.3. The first kappa shape index (κ1) is 15.9. The molecule has 0 aromatic heterocycles. The quantitative estimate of drug-likeness (QED) is 0.869. The highest BCUT2D eigenvalue weighted by atomic mass is 35.5. The molecule has 2 N–H and O–H groups in total. The fraction of sp³-hybridized carbons (Fsp3) is 0.429. The first-order valence-corrected chi connectivity index (χ1v) is 6.79. The molecule has 0 aliphatic carbocycles. The molecule has 1 aromatic rings. The number of nitrogens with two attached hydrogens (primary N) is 1. The van der Waals surface area contributed by atoms with E-state index in [1.807, 2.05) is 31.2 Å². The van der Waals surface area contributed by atoms with E-state index >= 15 is 0 Å². The summed E-state index contributed by atoms with van der Waals surface area (Å²) in [7, 11) is 1.73. The van der Waals surface area contributed by atoms with Crippen LogP contribution in [-0.2, 0) is 4.79 Å². The van der Waals surface area contributed by atoms with Gasteiger partial charge in [0.15, 0.2) is 0 Å². The zero-order chi connectivity index (χ0) is 14.8. The van der Waals surface area contributed by atoms with Gasteiger partial charge in [-0.3, -0.25) is 4.79 Å². The van der Waals surface area contributed by atoms with E-state index < -0.39 is 5.41 Å². The molecule has 1 rings (SSSR count). The number of carbonyl (C=O) groups excluding carboxylic acids is 1. The average molecular weight is 299 g/mol. The number of carbonyl (C=O) groups is 1. The number of nitrogens with zero attached hydrogens (tertiary/aromatic N) is 1. The van der Waals surface area contributed by atoms with Crippen molar-refractivity contribution in [3.8, 4) is 0 Å². The summed E-state index contributed by atoms with van der Waals surface area (Å²) in [5, 5.41) is 0.641. The second kappa shape index (κ2) is 5.88. The Hall–Kier alpha value is -1.13. The molecule has 104 valence electrons. The highest BCUT2D eigenvalue weighted by Gasteiger charge is 2.35. The van der Waals surface area contributed by atoms with Gasteiger partial charge in [0, 0.05) is 12.1 Å². The predicted molar refractivity (Wildman–Crippen MR) is 83.2 cm³/mol. The molecule has 0 saturated heterocycles. The van der Waals surface area contributed by atoms with E-state index in [9.17, 15) is 4.79 Å². The highest BCUT2D eigenvalue weighted by molar-refractivity contribution is 7.80. The molecular weight excluding hydrogens is 280 g/mol. The van der Waals surface area contributed by atoms with Gasteiger partial charge in [-0.05, 0) is 32.4 Å². The molecule has 0 aliphatic rings. The number of benzene rings is 1. The van der Waals surface area contributed by atoms with E-state index in [1.165, 1.54) is 0 Å². The van der Waals surface area contributed by atoms with Crippen LogP contribution in [0.4, 0.5) is 0 Å². The SMILES string of the molecule is CC(c1ccccc1Cl)N(C)C(=O)C(C)(C)C(N)=S. The fourth-order valence-corrected chi connectivity index (χ4v) is 2.13. The Bertz CT molecular complexity index is 502. The lowest BCUT2D eigenvalue weighted by atomic mass is 9.90. The maximum atomic E-state index is 12.4. The highest BCUT2D eigenvalue weighted by Crippen LogP contribution is 2.29. The lowest BCUT2D eigenvalue weighted by Crippen LogP contribution is -2.46. The second-order valence-electron chi connectivity index (χ2n) is 5.10. The summed E-state index contributed by atoms with van der Waals surface area (Å²) in [5.41, 5.74) is 5.68. The van der Waals surface area contributed by atoms with Crippen molar-refractivity contribution < 1.29 is 4.79 Å². The smallest absolute Gasteiger partial charge is 0.235 e. The van der Waals surface area contributed by atoms with Crippen LogP contribution in [0, 0.1) is 5.41 Å². The third-order valence-corrected chi connectivity index (χ3v) is 4.26. The van der Waals surface area contributed by atoms with Gasteiger partial charge in [0.2, 0.25) is 5.91 Å². The van der Waals surface area contributed by atoms with Gasteiger partial charge < -0.3 is 10.6 Å². The van der Waals surface area contributed by atoms with Crippen molar-refractivity contribution in [1.29, 1.82) is 0 Å². The van der Waals surface area contributed by atoms with E-state index in [1.54, 1.807) is 25.8 Å². The molecule has 1 amide bonds. The van der Waals surface area contributed by atoms with Crippen molar-refractivity contribution in [3.63, 3.8) is 0 Å². The Morgan fingerprint density at radius 1 is 1.42 bits per heavy atom. The van der Waals surface area contributed by atoms with Gasteiger partial charge in [-0.1, -0.05) is 42.0 Å². The minimum Gasteiger partial charge on any atom is -0.392 e. The minimum atomic E-state index is -0.862. The Morgan fingerprint density at radius 2 is 1.95 bits per heavy atom. The third-order valence-electron chi connectivity index (χ3n) is 3.41. The summed E-state index contributed by atoms with van der Waals surface area (Å²) < 4.78 is 0. The van der Waals surface area contributed by atoms with Crippen LogP contribution in [0.2, 0.25) is 5.02 Å². The number of rotatable bonds is 4. The van der Waals surface area contributed by atoms with Gasteiger partial charge in [-0.25, -0.2) is 0 Å². The predicted octanol–water partition coefficient (Wildman–Crippen LogP) is 3.17. The molecule has 0 heterocycles. The van der Waals surface area contributed by atoms with Crippen LogP contribution in [0.3, 0.4) is 0 Å². The zero-order valence-corrected chi connectivity index (χ0v) is 13.2. The first-order chi connectivity index (χ1) is 8.69. The van der Waals surface area contributed by atoms with Crippen molar-refractivity contribution >= 4 is 34.7 Å². The summed E-state index contributed by atoms with van der Waals surface area (Å²) in [6.45, 7) is 5.38. The number of amides is 1. The van der Waals surface area contributed by atoms with Gasteiger partial charge in [-0.15, -0.1) is 0 Å². The average Bonchev–Trinajstić information content (AvgIpc) is 2.36. The summed E-state index contributed by atoms with van der Waals surface area (Å²) >= 11 is 11.1. The van der Waals surface area contributed by atoms with Gasteiger partial charge in [0.25, 0.3) is 0 Å². The van der Waals surface area contributed by atoms with Crippen molar-refractivity contribution in [3.05, 3.63) is 34.9 Å². The van der Waals surface area contributed by atoms with Gasteiger partial charge in [0.05, 0.1) is 16.4 Å². The maximum absolute atomic E-state index is 12.4. The van der Waals surface area contributed by atoms with Crippen molar-refractivity contribution in [2.75, 3.05) is 7.05 Å². The van der Waals surface area contributed by atoms with E-state index in [-0.39, 0.29) is 16.9 Å². The molecule has 0 bridgehead atoms. The van der Waals surface area contributed by atoms with Gasteiger partial charge in [0.1, 0.15) is 0 Å². The number of hydrogen-bond donors (Lipinski definition) is 1.